The number of aryl methyl sites for hydroxylation is 3. The number of benzene rings is 1. The van der Waals surface area contributed by atoms with E-state index >= 15 is 0 Å². The summed E-state index contributed by atoms with van der Waals surface area (Å²) < 4.78 is 5.48. The lowest BCUT2D eigenvalue weighted by atomic mass is 10.1. The Hall–Kier alpha value is -2.03. The van der Waals surface area contributed by atoms with Crippen LogP contribution >= 0.6 is 0 Å². The van der Waals surface area contributed by atoms with Gasteiger partial charge >= 0.3 is 5.97 Å². The van der Waals surface area contributed by atoms with Crippen molar-refractivity contribution in [3.63, 3.8) is 0 Å². The zero-order valence-electron chi connectivity index (χ0n) is 10.2. The van der Waals surface area contributed by atoms with Crippen LogP contribution in [0.15, 0.2) is 36.6 Å². The minimum Gasteiger partial charge on any atom is -0.478 e. The summed E-state index contributed by atoms with van der Waals surface area (Å²) in [6.07, 6.45) is 5.49. The molecule has 0 heterocycles. The van der Waals surface area contributed by atoms with E-state index < -0.39 is 5.97 Å². The van der Waals surface area contributed by atoms with Crippen LogP contribution in [0.5, 0.6) is 5.75 Å². The number of hydrogen-bond donors (Lipinski definition) is 1. The molecule has 0 bridgehead atoms. The number of carboxylic acids is 1. The number of rotatable bonds is 4. The predicted octanol–water partition coefficient (Wildman–Crippen LogP) is 3.15. The Bertz CT molecular complexity index is 447. The summed E-state index contributed by atoms with van der Waals surface area (Å²) in [5.74, 6) is -0.159. The van der Waals surface area contributed by atoms with Crippen LogP contribution in [0.4, 0.5) is 0 Å². The summed E-state index contributed by atoms with van der Waals surface area (Å²) in [6, 6.07) is 4.09. The van der Waals surface area contributed by atoms with Gasteiger partial charge in [-0.05, 0) is 38.0 Å². The summed E-state index contributed by atoms with van der Waals surface area (Å²) >= 11 is 0. The molecule has 0 radical (unpaired) electrons. The van der Waals surface area contributed by atoms with Gasteiger partial charge in [-0.1, -0.05) is 23.8 Å². The number of hydrogen-bond acceptors (Lipinski definition) is 2. The molecule has 0 amide bonds. The quantitative estimate of drug-likeness (QED) is 0.493. The van der Waals surface area contributed by atoms with E-state index in [-0.39, 0.29) is 0 Å². The predicted molar refractivity (Wildman–Crippen MR) is 67.2 cm³/mol. The van der Waals surface area contributed by atoms with Gasteiger partial charge in [0.2, 0.25) is 0 Å². The first-order chi connectivity index (χ1) is 8.00. The number of carbonyl (C=O) groups is 1. The van der Waals surface area contributed by atoms with Crippen molar-refractivity contribution in [1.29, 1.82) is 0 Å². The van der Waals surface area contributed by atoms with Crippen molar-refractivity contribution in [1.82, 2.24) is 0 Å². The minimum absolute atomic E-state index is 0.815. The maximum atomic E-state index is 10.2. The fraction of sp³-hybridized carbons (Fsp3) is 0.214. The third-order valence-electron chi connectivity index (χ3n) is 2.22. The monoisotopic (exact) mass is 232 g/mol. The lowest BCUT2D eigenvalue weighted by molar-refractivity contribution is -0.131. The minimum atomic E-state index is -0.975. The summed E-state index contributed by atoms with van der Waals surface area (Å²) in [4.78, 5) is 10.2. The van der Waals surface area contributed by atoms with Gasteiger partial charge in [-0.15, -0.1) is 0 Å². The van der Waals surface area contributed by atoms with Crippen molar-refractivity contribution >= 4 is 5.97 Å². The molecule has 3 nitrogen and oxygen atoms in total. The van der Waals surface area contributed by atoms with E-state index in [0.717, 1.165) is 23.0 Å². The normalized spacial score (nSPS) is 11.2. The second-order valence-electron chi connectivity index (χ2n) is 3.87. The molecule has 0 saturated heterocycles. The van der Waals surface area contributed by atoms with E-state index in [9.17, 15) is 4.79 Å². The van der Waals surface area contributed by atoms with E-state index in [1.165, 1.54) is 17.9 Å². The van der Waals surface area contributed by atoms with E-state index in [4.69, 9.17) is 9.84 Å². The van der Waals surface area contributed by atoms with Gasteiger partial charge in [-0.2, -0.15) is 0 Å². The van der Waals surface area contributed by atoms with Crippen LogP contribution in [0.2, 0.25) is 0 Å². The van der Waals surface area contributed by atoms with Crippen molar-refractivity contribution in [2.75, 3.05) is 0 Å². The maximum absolute atomic E-state index is 10.2. The smallest absolute Gasteiger partial charge is 0.328 e. The van der Waals surface area contributed by atoms with Crippen molar-refractivity contribution in [2.45, 2.75) is 20.8 Å². The molecule has 0 atom stereocenters. The van der Waals surface area contributed by atoms with Crippen LogP contribution in [-0.2, 0) is 4.79 Å². The highest BCUT2D eigenvalue weighted by Gasteiger charge is 2.02. The van der Waals surface area contributed by atoms with Crippen LogP contribution in [0.1, 0.15) is 16.7 Å². The molecule has 0 unspecified atom stereocenters. The number of carboxylic acid groups (broad SMARTS) is 1. The van der Waals surface area contributed by atoms with Crippen LogP contribution < -0.4 is 4.74 Å². The summed E-state index contributed by atoms with van der Waals surface area (Å²) in [5.41, 5.74) is 3.32. The van der Waals surface area contributed by atoms with Crippen molar-refractivity contribution in [2.24, 2.45) is 0 Å². The van der Waals surface area contributed by atoms with Crippen LogP contribution in [0.25, 0.3) is 0 Å². The lowest BCUT2D eigenvalue weighted by Crippen LogP contribution is -1.91. The molecular formula is C14H16O3. The highest BCUT2D eigenvalue weighted by molar-refractivity contribution is 5.80. The van der Waals surface area contributed by atoms with E-state index in [1.807, 2.05) is 32.9 Å². The highest BCUT2D eigenvalue weighted by Crippen LogP contribution is 2.24. The van der Waals surface area contributed by atoms with Gasteiger partial charge in [0, 0.05) is 6.08 Å². The van der Waals surface area contributed by atoms with Gasteiger partial charge in [0.25, 0.3) is 0 Å². The average molecular weight is 232 g/mol. The SMILES string of the molecule is Cc1cc(C)c(O/C=C/C=C/C(=O)O)c(C)c1. The van der Waals surface area contributed by atoms with Crippen molar-refractivity contribution in [3.05, 3.63) is 53.3 Å². The first-order valence-corrected chi connectivity index (χ1v) is 5.31. The van der Waals surface area contributed by atoms with Gasteiger partial charge in [-0.3, -0.25) is 0 Å². The third kappa shape index (κ3) is 4.15. The Morgan fingerprint density at radius 1 is 1.18 bits per heavy atom. The molecule has 0 aromatic heterocycles. The molecule has 0 fully saturated rings. The molecule has 0 spiro atoms. The van der Waals surface area contributed by atoms with Gasteiger partial charge in [0.05, 0.1) is 6.26 Å². The van der Waals surface area contributed by atoms with E-state index in [1.54, 1.807) is 6.08 Å². The Balaban J connectivity index is 2.73. The first kappa shape index (κ1) is 13.0. The zero-order chi connectivity index (χ0) is 12.8. The largest absolute Gasteiger partial charge is 0.478 e. The summed E-state index contributed by atoms with van der Waals surface area (Å²) in [5, 5.41) is 8.39. The molecule has 0 aliphatic rings. The van der Waals surface area contributed by atoms with E-state index in [0.29, 0.717) is 0 Å². The topological polar surface area (TPSA) is 46.5 Å². The van der Waals surface area contributed by atoms with Crippen LogP contribution in [-0.4, -0.2) is 11.1 Å². The Kier molecular flexibility index (Phi) is 4.52. The van der Waals surface area contributed by atoms with Crippen molar-refractivity contribution in [3.8, 4) is 5.75 Å². The molecule has 3 heteroatoms. The molecule has 1 aromatic rings. The van der Waals surface area contributed by atoms with Gasteiger partial charge < -0.3 is 9.84 Å². The van der Waals surface area contributed by atoms with Gasteiger partial charge in [-0.25, -0.2) is 4.79 Å². The number of aliphatic carboxylic acids is 1. The molecule has 1 rings (SSSR count). The summed E-state index contributed by atoms with van der Waals surface area (Å²) in [7, 11) is 0. The molecule has 0 aliphatic carbocycles. The molecule has 17 heavy (non-hydrogen) atoms. The van der Waals surface area contributed by atoms with Gasteiger partial charge in [0.1, 0.15) is 5.75 Å². The third-order valence-corrected chi connectivity index (χ3v) is 2.22. The Morgan fingerprint density at radius 2 is 1.76 bits per heavy atom. The van der Waals surface area contributed by atoms with E-state index in [2.05, 4.69) is 0 Å². The highest BCUT2D eigenvalue weighted by atomic mass is 16.5. The Morgan fingerprint density at radius 3 is 2.29 bits per heavy atom. The average Bonchev–Trinajstić information content (AvgIpc) is 2.20. The first-order valence-electron chi connectivity index (χ1n) is 5.31. The number of allylic oxidation sites excluding steroid dienone is 2. The van der Waals surface area contributed by atoms with Crippen LogP contribution in [0.3, 0.4) is 0 Å². The van der Waals surface area contributed by atoms with Gasteiger partial charge in [0.15, 0.2) is 0 Å². The molecular weight excluding hydrogens is 216 g/mol. The molecule has 0 saturated carbocycles. The second-order valence-corrected chi connectivity index (χ2v) is 3.87. The standard InChI is InChI=1S/C14H16O3/c1-10-8-11(2)14(12(3)9-10)17-7-5-4-6-13(15)16/h4-9H,1-3H3,(H,15,16)/b6-4+,7-5+. The second kappa shape index (κ2) is 5.89. The molecule has 90 valence electrons. The Labute approximate surface area is 101 Å². The summed E-state index contributed by atoms with van der Waals surface area (Å²) in [6.45, 7) is 6.00. The molecule has 0 aliphatic heterocycles. The maximum Gasteiger partial charge on any atom is 0.328 e. The zero-order valence-corrected chi connectivity index (χ0v) is 10.2. The van der Waals surface area contributed by atoms with Crippen molar-refractivity contribution < 1.29 is 14.6 Å². The molecule has 1 N–H and O–H groups in total. The fourth-order valence-corrected chi connectivity index (χ4v) is 1.64. The fourth-order valence-electron chi connectivity index (χ4n) is 1.64. The molecule has 1 aromatic carbocycles. The lowest BCUT2D eigenvalue weighted by Gasteiger charge is -2.09. The number of ether oxygens (including phenoxy) is 1. The van der Waals surface area contributed by atoms with Crippen LogP contribution in [0, 0.1) is 20.8 Å².